The van der Waals surface area contributed by atoms with Crippen molar-refractivity contribution in [1.29, 1.82) is 0 Å². The van der Waals surface area contributed by atoms with Crippen molar-refractivity contribution >= 4 is 34.1 Å². The summed E-state index contributed by atoms with van der Waals surface area (Å²) in [6.07, 6.45) is 3.47. The Morgan fingerprint density at radius 1 is 1.62 bits per heavy atom. The molecule has 1 atom stereocenters. The summed E-state index contributed by atoms with van der Waals surface area (Å²) in [4.78, 5) is 5.07. The molecule has 8 heteroatoms. The van der Waals surface area contributed by atoms with Crippen LogP contribution in [0.15, 0.2) is 11.2 Å². The fourth-order valence-corrected chi connectivity index (χ4v) is 2.89. The average Bonchev–Trinajstić information content (AvgIpc) is 2.88. The highest BCUT2D eigenvalue weighted by Crippen LogP contribution is 2.36. The molecule has 0 amide bonds. The second-order valence-corrected chi connectivity index (χ2v) is 4.76. The third kappa shape index (κ3) is 2.12. The van der Waals surface area contributed by atoms with Gasteiger partial charge < -0.3 is 11.1 Å². The first-order chi connectivity index (χ1) is 7.72. The van der Waals surface area contributed by atoms with Crippen LogP contribution in [0.5, 0.6) is 0 Å². The molecule has 0 saturated carbocycles. The number of nitrogens with zero attached hydrogens (tertiary/aromatic N) is 3. The molecule has 0 spiro atoms. The molecule has 0 aliphatic carbocycles. The first kappa shape index (κ1) is 11.2. The van der Waals surface area contributed by atoms with E-state index in [1.54, 1.807) is 11.8 Å². The molecule has 0 radical (unpaired) electrons. The van der Waals surface area contributed by atoms with Crippen LogP contribution in [0.25, 0.3) is 0 Å². The average molecular weight is 256 g/mol. The monoisotopic (exact) mass is 256 g/mol. The maximum absolute atomic E-state index is 5.75. The molecular formula is C8H12N6S2. The van der Waals surface area contributed by atoms with Crippen LogP contribution < -0.4 is 11.1 Å². The van der Waals surface area contributed by atoms with Crippen LogP contribution >= 0.6 is 23.3 Å². The van der Waals surface area contributed by atoms with Crippen LogP contribution in [0.3, 0.4) is 0 Å². The minimum absolute atomic E-state index is 0.0493. The summed E-state index contributed by atoms with van der Waals surface area (Å²) in [5.41, 5.74) is 5.75. The SMILES string of the molecule is CSc1c(N)nsc1NC(C)c1ncn[nH]1. The number of hydrogen-bond acceptors (Lipinski definition) is 7. The van der Waals surface area contributed by atoms with Gasteiger partial charge in [0, 0.05) is 0 Å². The standard InChI is InChI=1S/C8H12N6S2/c1-4(7-10-3-11-13-7)12-8-5(15-2)6(9)14-16-8/h3-4,12H,1-2H3,(H2,9,14)(H,10,11,13). The van der Waals surface area contributed by atoms with Crippen molar-refractivity contribution in [3.05, 3.63) is 12.2 Å². The summed E-state index contributed by atoms with van der Waals surface area (Å²) in [7, 11) is 0. The number of nitrogen functional groups attached to an aromatic ring is 1. The van der Waals surface area contributed by atoms with E-state index in [0.717, 1.165) is 15.7 Å². The Balaban J connectivity index is 2.15. The van der Waals surface area contributed by atoms with Gasteiger partial charge in [-0.05, 0) is 24.7 Å². The molecule has 2 aromatic heterocycles. The van der Waals surface area contributed by atoms with Gasteiger partial charge in [0.25, 0.3) is 0 Å². The Morgan fingerprint density at radius 3 is 3.06 bits per heavy atom. The zero-order valence-corrected chi connectivity index (χ0v) is 10.5. The number of nitrogens with two attached hydrogens (primary N) is 1. The number of thioether (sulfide) groups is 1. The van der Waals surface area contributed by atoms with Crippen molar-refractivity contribution in [3.8, 4) is 0 Å². The van der Waals surface area contributed by atoms with E-state index < -0.39 is 0 Å². The molecule has 4 N–H and O–H groups in total. The summed E-state index contributed by atoms with van der Waals surface area (Å²) < 4.78 is 4.11. The molecule has 2 heterocycles. The van der Waals surface area contributed by atoms with E-state index in [-0.39, 0.29) is 6.04 Å². The Bertz CT molecular complexity index is 451. The molecule has 0 aromatic carbocycles. The number of aromatic nitrogens is 4. The lowest BCUT2D eigenvalue weighted by Gasteiger charge is -2.11. The van der Waals surface area contributed by atoms with Crippen LogP contribution in [0.1, 0.15) is 18.8 Å². The Morgan fingerprint density at radius 2 is 2.44 bits per heavy atom. The quantitative estimate of drug-likeness (QED) is 0.722. The van der Waals surface area contributed by atoms with E-state index in [1.807, 2.05) is 13.2 Å². The second-order valence-electron chi connectivity index (χ2n) is 3.17. The molecule has 2 rings (SSSR count). The van der Waals surface area contributed by atoms with Crippen LogP contribution in [-0.4, -0.2) is 25.8 Å². The number of hydrogen-bond donors (Lipinski definition) is 3. The lowest BCUT2D eigenvalue weighted by Crippen LogP contribution is -2.08. The minimum atomic E-state index is 0.0493. The summed E-state index contributed by atoms with van der Waals surface area (Å²) >= 11 is 2.94. The van der Waals surface area contributed by atoms with Crippen molar-refractivity contribution in [2.45, 2.75) is 17.9 Å². The first-order valence-electron chi connectivity index (χ1n) is 4.63. The molecule has 6 nitrogen and oxygen atoms in total. The van der Waals surface area contributed by atoms with E-state index in [1.165, 1.54) is 17.9 Å². The van der Waals surface area contributed by atoms with Gasteiger partial charge in [0.15, 0.2) is 5.82 Å². The maximum Gasteiger partial charge on any atom is 0.153 e. The number of H-pyrrole nitrogens is 1. The van der Waals surface area contributed by atoms with Crippen molar-refractivity contribution in [3.63, 3.8) is 0 Å². The Kier molecular flexibility index (Phi) is 3.30. The van der Waals surface area contributed by atoms with Crippen molar-refractivity contribution in [2.24, 2.45) is 0 Å². The van der Waals surface area contributed by atoms with Gasteiger partial charge in [-0.2, -0.15) is 9.47 Å². The van der Waals surface area contributed by atoms with E-state index >= 15 is 0 Å². The van der Waals surface area contributed by atoms with Gasteiger partial charge in [-0.1, -0.05) is 0 Å². The zero-order valence-electron chi connectivity index (χ0n) is 8.89. The fourth-order valence-electron chi connectivity index (χ4n) is 1.27. The van der Waals surface area contributed by atoms with Gasteiger partial charge in [-0.15, -0.1) is 11.8 Å². The predicted molar refractivity (Wildman–Crippen MR) is 66.7 cm³/mol. The van der Waals surface area contributed by atoms with Gasteiger partial charge >= 0.3 is 0 Å². The van der Waals surface area contributed by atoms with Gasteiger partial charge in [0.2, 0.25) is 0 Å². The highest BCUT2D eigenvalue weighted by atomic mass is 32.2. The van der Waals surface area contributed by atoms with Crippen molar-refractivity contribution in [2.75, 3.05) is 17.3 Å². The van der Waals surface area contributed by atoms with Crippen LogP contribution in [0.4, 0.5) is 10.8 Å². The van der Waals surface area contributed by atoms with Crippen LogP contribution in [0, 0.1) is 0 Å². The lowest BCUT2D eigenvalue weighted by molar-refractivity contribution is 0.796. The zero-order chi connectivity index (χ0) is 11.5. The third-order valence-electron chi connectivity index (χ3n) is 2.07. The highest BCUT2D eigenvalue weighted by molar-refractivity contribution is 7.99. The minimum Gasteiger partial charge on any atom is -0.382 e. The molecule has 0 bridgehead atoms. The molecule has 0 saturated heterocycles. The Labute approximate surface area is 101 Å². The van der Waals surface area contributed by atoms with Gasteiger partial charge in [-0.25, -0.2) is 4.98 Å². The maximum atomic E-state index is 5.75. The van der Waals surface area contributed by atoms with Crippen molar-refractivity contribution in [1.82, 2.24) is 19.6 Å². The van der Waals surface area contributed by atoms with E-state index in [4.69, 9.17) is 5.73 Å². The summed E-state index contributed by atoms with van der Waals surface area (Å²) in [5, 5.41) is 10.9. The van der Waals surface area contributed by atoms with Gasteiger partial charge in [-0.3, -0.25) is 5.10 Å². The number of anilines is 2. The molecule has 0 fully saturated rings. The number of rotatable bonds is 4. The number of aromatic amines is 1. The molecule has 2 aromatic rings. The summed E-state index contributed by atoms with van der Waals surface area (Å²) in [5.74, 6) is 1.36. The summed E-state index contributed by atoms with van der Waals surface area (Å²) in [6, 6.07) is 0.0493. The fraction of sp³-hybridized carbons (Fsp3) is 0.375. The van der Waals surface area contributed by atoms with Crippen molar-refractivity contribution < 1.29 is 0 Å². The van der Waals surface area contributed by atoms with E-state index in [2.05, 4.69) is 24.9 Å². The molecule has 86 valence electrons. The van der Waals surface area contributed by atoms with Crippen LogP contribution in [-0.2, 0) is 0 Å². The lowest BCUT2D eigenvalue weighted by atomic mass is 10.3. The molecule has 16 heavy (non-hydrogen) atoms. The van der Waals surface area contributed by atoms with Gasteiger partial charge in [0.1, 0.15) is 17.2 Å². The largest absolute Gasteiger partial charge is 0.382 e. The second kappa shape index (κ2) is 4.71. The smallest absolute Gasteiger partial charge is 0.153 e. The van der Waals surface area contributed by atoms with Crippen LogP contribution in [0.2, 0.25) is 0 Å². The molecule has 0 aliphatic heterocycles. The van der Waals surface area contributed by atoms with E-state index in [0.29, 0.717) is 5.82 Å². The van der Waals surface area contributed by atoms with E-state index in [9.17, 15) is 0 Å². The number of nitrogens with one attached hydrogen (secondary N) is 2. The molecule has 1 unspecified atom stereocenters. The molecule has 0 aliphatic rings. The Hall–Kier alpha value is -1.28. The highest BCUT2D eigenvalue weighted by Gasteiger charge is 2.14. The first-order valence-corrected chi connectivity index (χ1v) is 6.63. The molecular weight excluding hydrogens is 244 g/mol. The predicted octanol–water partition coefficient (Wildman–Crippen LogP) is 1.74. The third-order valence-corrected chi connectivity index (χ3v) is 3.81. The van der Waals surface area contributed by atoms with Gasteiger partial charge in [0.05, 0.1) is 10.9 Å². The normalized spacial score (nSPS) is 12.6. The topological polar surface area (TPSA) is 92.5 Å². The summed E-state index contributed by atoms with van der Waals surface area (Å²) in [6.45, 7) is 2.00.